The molecule has 4 aromatic carbocycles. The van der Waals surface area contributed by atoms with Crippen molar-refractivity contribution in [2.24, 2.45) is 5.92 Å². The molecule has 0 bridgehead atoms. The average Bonchev–Trinajstić information content (AvgIpc) is 3.68. The highest BCUT2D eigenvalue weighted by atomic mass is 19.1. The molecule has 3 N–H and O–H groups in total. The molecule has 2 aromatic heterocycles. The molecular weight excluding hydrogens is 569 g/mol. The fourth-order valence-electron chi connectivity index (χ4n) is 5.41. The average molecular weight is 604 g/mol. The second-order valence-corrected chi connectivity index (χ2v) is 11.4. The van der Waals surface area contributed by atoms with Crippen molar-refractivity contribution in [3.8, 4) is 5.75 Å². The third-order valence-corrected chi connectivity index (χ3v) is 7.76. The number of benzene rings is 4. The van der Waals surface area contributed by atoms with Crippen LogP contribution in [0, 0.1) is 11.7 Å². The third-order valence-electron chi connectivity index (χ3n) is 7.76. The Morgan fingerprint density at radius 1 is 0.911 bits per heavy atom. The first-order valence-corrected chi connectivity index (χ1v) is 15.0. The molecule has 1 atom stereocenters. The highest BCUT2D eigenvalue weighted by Gasteiger charge is 2.25. The minimum absolute atomic E-state index is 0.236. The summed E-state index contributed by atoms with van der Waals surface area (Å²) < 4.78 is 26.0. The maximum Gasteiger partial charge on any atom is 0.255 e. The first kappa shape index (κ1) is 29.7. The van der Waals surface area contributed by atoms with Crippen molar-refractivity contribution in [2.75, 3.05) is 13.2 Å². The second-order valence-electron chi connectivity index (χ2n) is 11.4. The lowest BCUT2D eigenvalue weighted by Crippen LogP contribution is -2.31. The zero-order valence-electron chi connectivity index (χ0n) is 25.1. The molecule has 0 saturated heterocycles. The number of aromatic nitrogens is 1. The molecule has 2 heterocycles. The lowest BCUT2D eigenvalue weighted by molar-refractivity contribution is 0.0940. The van der Waals surface area contributed by atoms with Gasteiger partial charge in [0.25, 0.3) is 11.8 Å². The predicted molar refractivity (Wildman–Crippen MR) is 173 cm³/mol. The van der Waals surface area contributed by atoms with Crippen LogP contribution in [0.25, 0.3) is 21.9 Å². The van der Waals surface area contributed by atoms with Crippen LogP contribution in [0.15, 0.2) is 108 Å². The van der Waals surface area contributed by atoms with Crippen LogP contribution in [0.2, 0.25) is 0 Å². The van der Waals surface area contributed by atoms with Crippen LogP contribution in [0.1, 0.15) is 57.3 Å². The summed E-state index contributed by atoms with van der Waals surface area (Å²) in [5.41, 5.74) is 4.74. The number of ether oxygens (including phenoxy) is 1. The number of hydrogen-bond donors (Lipinski definition) is 3. The van der Waals surface area contributed by atoms with E-state index < -0.39 is 11.9 Å². The first-order valence-electron chi connectivity index (χ1n) is 15.0. The van der Waals surface area contributed by atoms with Crippen molar-refractivity contribution < 1.29 is 23.1 Å². The van der Waals surface area contributed by atoms with E-state index in [0.717, 1.165) is 16.5 Å². The number of H-pyrrole nitrogens is 1. The Hall–Kier alpha value is -5.37. The van der Waals surface area contributed by atoms with Crippen molar-refractivity contribution in [2.45, 2.75) is 26.3 Å². The highest BCUT2D eigenvalue weighted by molar-refractivity contribution is 6.06. The number of amides is 2. The van der Waals surface area contributed by atoms with Gasteiger partial charge in [-0.25, -0.2) is 4.39 Å². The summed E-state index contributed by atoms with van der Waals surface area (Å²) >= 11 is 0. The van der Waals surface area contributed by atoms with Gasteiger partial charge < -0.3 is 24.8 Å². The van der Waals surface area contributed by atoms with E-state index in [2.05, 4.69) is 21.7 Å². The van der Waals surface area contributed by atoms with E-state index in [9.17, 15) is 14.0 Å². The van der Waals surface area contributed by atoms with Gasteiger partial charge in [-0.2, -0.15) is 0 Å². The Morgan fingerprint density at radius 2 is 1.67 bits per heavy atom. The molecule has 0 aliphatic carbocycles. The van der Waals surface area contributed by atoms with E-state index >= 15 is 0 Å². The summed E-state index contributed by atoms with van der Waals surface area (Å²) in [4.78, 5) is 30.2. The Bertz CT molecular complexity index is 1960. The number of halogens is 1. The molecule has 45 heavy (non-hydrogen) atoms. The second kappa shape index (κ2) is 13.1. The van der Waals surface area contributed by atoms with Crippen molar-refractivity contribution in [1.29, 1.82) is 0 Å². The monoisotopic (exact) mass is 603 g/mol. The van der Waals surface area contributed by atoms with Crippen LogP contribution in [0.5, 0.6) is 5.75 Å². The minimum Gasteiger partial charge on any atom is -0.493 e. The molecule has 0 aliphatic heterocycles. The number of nitrogens with one attached hydrogen (secondary N) is 3. The van der Waals surface area contributed by atoms with Crippen LogP contribution in [-0.4, -0.2) is 29.9 Å². The van der Waals surface area contributed by atoms with E-state index in [0.29, 0.717) is 58.5 Å². The Labute approximate surface area is 260 Å². The van der Waals surface area contributed by atoms with Gasteiger partial charge in [0.1, 0.15) is 23.4 Å². The van der Waals surface area contributed by atoms with Gasteiger partial charge in [0.15, 0.2) is 0 Å². The van der Waals surface area contributed by atoms with Crippen molar-refractivity contribution in [3.63, 3.8) is 0 Å². The van der Waals surface area contributed by atoms with E-state index in [1.165, 1.54) is 18.4 Å². The predicted octanol–water partition coefficient (Wildman–Crippen LogP) is 7.58. The van der Waals surface area contributed by atoms with Gasteiger partial charge in [-0.1, -0.05) is 62.4 Å². The summed E-state index contributed by atoms with van der Waals surface area (Å²) in [5, 5.41) is 7.87. The largest absolute Gasteiger partial charge is 0.493 e. The smallest absolute Gasteiger partial charge is 0.255 e. The molecule has 0 radical (unpaired) electrons. The lowest BCUT2D eigenvalue weighted by Gasteiger charge is -2.23. The van der Waals surface area contributed by atoms with Gasteiger partial charge in [-0.15, -0.1) is 0 Å². The van der Waals surface area contributed by atoms with Crippen molar-refractivity contribution in [3.05, 3.63) is 137 Å². The number of carbonyl (C=O) groups excluding carboxylic acids is 2. The fraction of sp³-hybridized carbons (Fsp3) is 0.189. The van der Waals surface area contributed by atoms with Gasteiger partial charge in [0, 0.05) is 46.6 Å². The Kier molecular flexibility index (Phi) is 8.64. The summed E-state index contributed by atoms with van der Waals surface area (Å²) in [5.74, 6) is -0.242. The number of aromatic amines is 1. The zero-order chi connectivity index (χ0) is 31.3. The normalized spacial score (nSPS) is 12.0. The highest BCUT2D eigenvalue weighted by Crippen LogP contribution is 2.33. The SMILES string of the molecule is CC(C)CNC(=O)c1ccc(OCCc2c[nH]c3ccccc23)c(C(NC(=O)c2coc3ccccc23)c2ccc(F)cc2)c1. The number of carbonyl (C=O) groups is 2. The van der Waals surface area contributed by atoms with Crippen LogP contribution < -0.4 is 15.4 Å². The molecule has 8 heteroatoms. The lowest BCUT2D eigenvalue weighted by atomic mass is 9.95. The molecule has 0 saturated carbocycles. The minimum atomic E-state index is -0.771. The molecule has 0 aliphatic rings. The van der Waals surface area contributed by atoms with E-state index in [-0.39, 0.29) is 17.7 Å². The molecule has 1 unspecified atom stereocenters. The fourth-order valence-corrected chi connectivity index (χ4v) is 5.41. The zero-order valence-corrected chi connectivity index (χ0v) is 25.1. The van der Waals surface area contributed by atoms with Crippen LogP contribution in [0.3, 0.4) is 0 Å². The topological polar surface area (TPSA) is 96.4 Å². The Morgan fingerprint density at radius 3 is 2.47 bits per heavy atom. The van der Waals surface area contributed by atoms with Crippen molar-refractivity contribution >= 4 is 33.7 Å². The van der Waals surface area contributed by atoms with E-state index in [4.69, 9.17) is 9.15 Å². The molecule has 0 spiro atoms. The van der Waals surface area contributed by atoms with Gasteiger partial charge in [-0.05, 0) is 59.5 Å². The number of hydrogen-bond acceptors (Lipinski definition) is 4. The van der Waals surface area contributed by atoms with Crippen LogP contribution >= 0.6 is 0 Å². The quantitative estimate of drug-likeness (QED) is 0.142. The van der Waals surface area contributed by atoms with Crippen LogP contribution in [0.4, 0.5) is 4.39 Å². The molecule has 6 rings (SSSR count). The van der Waals surface area contributed by atoms with E-state index in [1.807, 2.05) is 56.4 Å². The van der Waals surface area contributed by atoms with Gasteiger partial charge in [0.05, 0.1) is 18.2 Å². The molecule has 228 valence electrons. The molecule has 0 fully saturated rings. The number of para-hydroxylation sites is 2. The third kappa shape index (κ3) is 6.60. The summed E-state index contributed by atoms with van der Waals surface area (Å²) in [6, 6.07) is 25.7. The van der Waals surface area contributed by atoms with Gasteiger partial charge in [0.2, 0.25) is 0 Å². The molecule has 7 nitrogen and oxygen atoms in total. The summed E-state index contributed by atoms with van der Waals surface area (Å²) in [6.07, 6.45) is 4.04. The number of fused-ring (bicyclic) bond motifs is 2. The van der Waals surface area contributed by atoms with Crippen molar-refractivity contribution in [1.82, 2.24) is 15.6 Å². The Balaban J connectivity index is 1.36. The number of furan rings is 1. The maximum absolute atomic E-state index is 14.0. The molecule has 2 amide bonds. The first-order chi connectivity index (χ1) is 21.9. The van der Waals surface area contributed by atoms with Gasteiger partial charge in [-0.3, -0.25) is 9.59 Å². The maximum atomic E-state index is 14.0. The molecule has 6 aromatic rings. The number of rotatable bonds is 11. The summed E-state index contributed by atoms with van der Waals surface area (Å²) in [7, 11) is 0. The van der Waals surface area contributed by atoms with Gasteiger partial charge >= 0.3 is 0 Å². The van der Waals surface area contributed by atoms with E-state index in [1.54, 1.807) is 36.4 Å². The van der Waals surface area contributed by atoms with Crippen LogP contribution in [-0.2, 0) is 6.42 Å². The standard InChI is InChI=1S/C37H34FN3O4/c1-23(2)20-40-36(42)25-13-16-34(44-18-17-26-21-39-32-9-5-3-7-28(26)32)30(19-25)35(24-11-14-27(38)15-12-24)41-37(43)31-22-45-33-10-6-4-8-29(31)33/h3-16,19,21-23,35,39H,17-18,20H2,1-2H3,(H,40,42)(H,41,43). The summed E-state index contributed by atoms with van der Waals surface area (Å²) in [6.45, 7) is 4.92. The molecular formula is C37H34FN3O4.